The molecule has 1 fully saturated rings. The van der Waals surface area contributed by atoms with E-state index in [-0.39, 0.29) is 6.23 Å². The standard InChI is InChI=1S/C13H13IN2O2/c14-9-4-5-12-10(7-9)11(8-17)15-16(12)13-3-1-2-6-18-13/h4-5,7-8,13H,1-3,6H2. The van der Waals surface area contributed by atoms with Gasteiger partial charge in [0.15, 0.2) is 12.5 Å². The Morgan fingerprint density at radius 1 is 1.44 bits per heavy atom. The molecule has 1 atom stereocenters. The number of aromatic nitrogens is 2. The second-order valence-corrected chi connectivity index (χ2v) is 5.68. The number of hydrogen-bond donors (Lipinski definition) is 0. The van der Waals surface area contributed by atoms with Crippen LogP contribution >= 0.6 is 22.6 Å². The molecule has 4 nitrogen and oxygen atoms in total. The van der Waals surface area contributed by atoms with E-state index in [9.17, 15) is 4.79 Å². The topological polar surface area (TPSA) is 44.1 Å². The summed E-state index contributed by atoms with van der Waals surface area (Å²) >= 11 is 2.24. The van der Waals surface area contributed by atoms with Gasteiger partial charge in [-0.05, 0) is 60.1 Å². The van der Waals surface area contributed by atoms with Gasteiger partial charge in [0.1, 0.15) is 5.69 Å². The molecule has 0 aliphatic carbocycles. The highest BCUT2D eigenvalue weighted by atomic mass is 127. The van der Waals surface area contributed by atoms with Crippen molar-refractivity contribution in [3.63, 3.8) is 0 Å². The predicted octanol–water partition coefficient (Wildman–Crippen LogP) is 3.15. The summed E-state index contributed by atoms with van der Waals surface area (Å²) in [6.07, 6.45) is 4.00. The number of hydrogen-bond acceptors (Lipinski definition) is 3. The Bertz CT molecular complexity index is 588. The van der Waals surface area contributed by atoms with Crippen molar-refractivity contribution in [2.75, 3.05) is 6.61 Å². The Kier molecular flexibility index (Phi) is 3.34. The van der Waals surface area contributed by atoms with E-state index >= 15 is 0 Å². The summed E-state index contributed by atoms with van der Waals surface area (Å²) in [6, 6.07) is 6.03. The zero-order chi connectivity index (χ0) is 12.5. The van der Waals surface area contributed by atoms with Crippen LogP contribution in [0.2, 0.25) is 0 Å². The highest BCUT2D eigenvalue weighted by molar-refractivity contribution is 14.1. The summed E-state index contributed by atoms with van der Waals surface area (Å²) < 4.78 is 8.70. The van der Waals surface area contributed by atoms with Crippen molar-refractivity contribution in [2.45, 2.75) is 25.5 Å². The molecule has 1 aromatic heterocycles. The molecular weight excluding hydrogens is 343 g/mol. The predicted molar refractivity (Wildman–Crippen MR) is 76.7 cm³/mol. The number of carbonyl (C=O) groups is 1. The molecule has 1 aromatic carbocycles. The van der Waals surface area contributed by atoms with E-state index in [1.54, 1.807) is 0 Å². The van der Waals surface area contributed by atoms with E-state index in [0.29, 0.717) is 5.69 Å². The average molecular weight is 356 g/mol. The van der Waals surface area contributed by atoms with Crippen LogP contribution in [-0.4, -0.2) is 22.7 Å². The lowest BCUT2D eigenvalue weighted by atomic mass is 10.2. The lowest BCUT2D eigenvalue weighted by Crippen LogP contribution is -2.19. The van der Waals surface area contributed by atoms with Crippen molar-refractivity contribution in [2.24, 2.45) is 0 Å². The first-order valence-electron chi connectivity index (χ1n) is 6.04. The maximum atomic E-state index is 11.1. The van der Waals surface area contributed by atoms with E-state index in [1.165, 1.54) is 0 Å². The van der Waals surface area contributed by atoms with Crippen LogP contribution in [0.4, 0.5) is 0 Å². The zero-order valence-corrected chi connectivity index (χ0v) is 12.0. The Balaban J connectivity index is 2.13. The van der Waals surface area contributed by atoms with E-state index in [4.69, 9.17) is 4.74 Å². The molecule has 0 radical (unpaired) electrons. The first-order chi connectivity index (χ1) is 8.79. The van der Waals surface area contributed by atoms with Gasteiger partial charge in [0.25, 0.3) is 0 Å². The first-order valence-corrected chi connectivity index (χ1v) is 7.12. The molecule has 0 N–H and O–H groups in total. The fourth-order valence-electron chi connectivity index (χ4n) is 2.36. The quantitative estimate of drug-likeness (QED) is 0.613. The smallest absolute Gasteiger partial charge is 0.170 e. The van der Waals surface area contributed by atoms with Crippen LogP contribution in [0.25, 0.3) is 10.9 Å². The number of nitrogens with zero attached hydrogens (tertiary/aromatic N) is 2. The molecule has 0 bridgehead atoms. The third-order valence-electron chi connectivity index (χ3n) is 3.24. The minimum atomic E-state index is -0.0324. The number of rotatable bonds is 2. The number of aldehydes is 1. The SMILES string of the molecule is O=Cc1nn(C2CCCCO2)c2ccc(I)cc12. The van der Waals surface area contributed by atoms with Crippen molar-refractivity contribution in [1.82, 2.24) is 9.78 Å². The van der Waals surface area contributed by atoms with Gasteiger partial charge in [-0.1, -0.05) is 0 Å². The Morgan fingerprint density at radius 3 is 3.06 bits per heavy atom. The number of fused-ring (bicyclic) bond motifs is 1. The van der Waals surface area contributed by atoms with Crippen LogP contribution in [0.15, 0.2) is 18.2 Å². The Labute approximate surface area is 118 Å². The molecule has 2 aromatic rings. The van der Waals surface area contributed by atoms with E-state index in [2.05, 4.69) is 27.7 Å². The van der Waals surface area contributed by atoms with Crippen LogP contribution in [-0.2, 0) is 4.74 Å². The molecule has 0 saturated carbocycles. The van der Waals surface area contributed by atoms with E-state index in [0.717, 1.165) is 46.6 Å². The Hall–Kier alpha value is -0.950. The lowest BCUT2D eigenvalue weighted by Gasteiger charge is -2.23. The molecule has 3 rings (SSSR count). The first kappa shape index (κ1) is 12.1. The summed E-state index contributed by atoms with van der Waals surface area (Å²) in [5.41, 5.74) is 1.47. The third kappa shape index (κ3) is 2.05. The van der Waals surface area contributed by atoms with Crippen LogP contribution in [0.3, 0.4) is 0 Å². The van der Waals surface area contributed by atoms with Gasteiger partial charge in [-0.2, -0.15) is 5.10 Å². The molecule has 18 heavy (non-hydrogen) atoms. The maximum absolute atomic E-state index is 11.1. The monoisotopic (exact) mass is 356 g/mol. The largest absolute Gasteiger partial charge is 0.356 e. The van der Waals surface area contributed by atoms with Gasteiger partial charge < -0.3 is 4.74 Å². The van der Waals surface area contributed by atoms with Crippen molar-refractivity contribution >= 4 is 39.8 Å². The maximum Gasteiger partial charge on any atom is 0.170 e. The van der Waals surface area contributed by atoms with Crippen LogP contribution in [0, 0.1) is 3.57 Å². The van der Waals surface area contributed by atoms with Crippen LogP contribution in [0.5, 0.6) is 0 Å². The molecule has 1 aliphatic heterocycles. The van der Waals surface area contributed by atoms with Gasteiger partial charge in [-0.25, -0.2) is 4.68 Å². The number of benzene rings is 1. The van der Waals surface area contributed by atoms with Gasteiger partial charge in [-0.3, -0.25) is 4.79 Å². The second-order valence-electron chi connectivity index (χ2n) is 4.43. The summed E-state index contributed by atoms with van der Waals surface area (Å²) in [5.74, 6) is 0. The Morgan fingerprint density at radius 2 is 2.33 bits per heavy atom. The number of halogens is 1. The number of ether oxygens (including phenoxy) is 1. The van der Waals surface area contributed by atoms with Gasteiger partial charge in [0.2, 0.25) is 0 Å². The summed E-state index contributed by atoms with van der Waals surface area (Å²) in [6.45, 7) is 0.771. The zero-order valence-electron chi connectivity index (χ0n) is 9.80. The lowest BCUT2D eigenvalue weighted by molar-refractivity contribution is -0.0367. The van der Waals surface area contributed by atoms with Crippen molar-refractivity contribution in [3.8, 4) is 0 Å². The molecule has 1 unspecified atom stereocenters. The van der Waals surface area contributed by atoms with Gasteiger partial charge in [0, 0.05) is 15.6 Å². The fraction of sp³-hybridized carbons (Fsp3) is 0.385. The van der Waals surface area contributed by atoms with Gasteiger partial charge >= 0.3 is 0 Å². The normalized spacial score (nSPS) is 20.2. The minimum absolute atomic E-state index is 0.0324. The van der Waals surface area contributed by atoms with E-state index < -0.39 is 0 Å². The van der Waals surface area contributed by atoms with Crippen molar-refractivity contribution < 1.29 is 9.53 Å². The summed E-state index contributed by atoms with van der Waals surface area (Å²) in [7, 11) is 0. The molecule has 0 amide bonds. The van der Waals surface area contributed by atoms with Crippen LogP contribution < -0.4 is 0 Å². The fourth-order valence-corrected chi connectivity index (χ4v) is 2.85. The van der Waals surface area contributed by atoms with Gasteiger partial charge in [-0.15, -0.1) is 0 Å². The molecular formula is C13H13IN2O2. The highest BCUT2D eigenvalue weighted by Crippen LogP contribution is 2.28. The molecule has 1 saturated heterocycles. The average Bonchev–Trinajstić information content (AvgIpc) is 2.77. The third-order valence-corrected chi connectivity index (χ3v) is 3.91. The van der Waals surface area contributed by atoms with Crippen molar-refractivity contribution in [3.05, 3.63) is 27.5 Å². The molecule has 5 heteroatoms. The van der Waals surface area contributed by atoms with Crippen molar-refractivity contribution in [1.29, 1.82) is 0 Å². The summed E-state index contributed by atoms with van der Waals surface area (Å²) in [4.78, 5) is 11.1. The second kappa shape index (κ2) is 4.97. The molecule has 2 heterocycles. The summed E-state index contributed by atoms with van der Waals surface area (Å²) in [5, 5.41) is 5.30. The highest BCUT2D eigenvalue weighted by Gasteiger charge is 2.20. The van der Waals surface area contributed by atoms with Crippen LogP contribution in [0.1, 0.15) is 36.0 Å². The minimum Gasteiger partial charge on any atom is -0.356 e. The van der Waals surface area contributed by atoms with Gasteiger partial charge in [0.05, 0.1) is 5.52 Å². The van der Waals surface area contributed by atoms with E-state index in [1.807, 2.05) is 22.9 Å². The molecule has 0 spiro atoms. The number of carbonyl (C=O) groups excluding carboxylic acids is 1. The molecule has 1 aliphatic rings. The molecule has 94 valence electrons.